The molecule has 8 nitrogen and oxygen atoms in total. The van der Waals surface area contributed by atoms with Crippen molar-refractivity contribution in [3.8, 4) is 34.4 Å². The predicted molar refractivity (Wildman–Crippen MR) is 172 cm³/mol. The van der Waals surface area contributed by atoms with Gasteiger partial charge in [-0.3, -0.25) is 14.3 Å². The molecule has 222 valence electrons. The van der Waals surface area contributed by atoms with E-state index in [4.69, 9.17) is 4.98 Å². The Labute approximate surface area is 257 Å². The highest BCUT2D eigenvalue weighted by atomic mass is 16.1. The van der Waals surface area contributed by atoms with E-state index in [1.807, 2.05) is 42.1 Å². The van der Waals surface area contributed by atoms with Crippen LogP contribution in [-0.2, 0) is 7.05 Å². The predicted octanol–water partition coefficient (Wildman–Crippen LogP) is 6.95. The van der Waals surface area contributed by atoms with Gasteiger partial charge in [0.15, 0.2) is 0 Å². The maximum atomic E-state index is 14.3. The fraction of sp³-hybridized carbons (Fsp3) is 0.389. The first-order valence-corrected chi connectivity index (χ1v) is 16.1. The number of pyridine rings is 2. The molecule has 3 fully saturated rings. The Balaban J connectivity index is 1.29. The summed E-state index contributed by atoms with van der Waals surface area (Å²) in [5.74, 6) is 2.31. The Morgan fingerprint density at radius 2 is 1.80 bits per heavy atom. The molecular weight excluding hydrogens is 546 g/mol. The van der Waals surface area contributed by atoms with E-state index >= 15 is 0 Å². The maximum Gasteiger partial charge on any atom is 0.280 e. The lowest BCUT2D eigenvalue weighted by atomic mass is 9.96. The van der Waals surface area contributed by atoms with Crippen LogP contribution < -0.4 is 5.56 Å². The highest BCUT2D eigenvalue weighted by Crippen LogP contribution is 2.44. The van der Waals surface area contributed by atoms with Crippen molar-refractivity contribution in [2.45, 2.75) is 69.7 Å². The topological polar surface area (TPSA) is 95.5 Å². The van der Waals surface area contributed by atoms with E-state index in [1.165, 1.54) is 24.8 Å². The van der Waals surface area contributed by atoms with Crippen molar-refractivity contribution in [1.29, 1.82) is 5.26 Å². The van der Waals surface area contributed by atoms with Crippen LogP contribution in [0.4, 0.5) is 0 Å². The zero-order chi connectivity index (χ0) is 29.9. The number of aryl methyl sites for hydroxylation is 1. The smallest absolute Gasteiger partial charge is 0.280 e. The molecule has 0 bridgehead atoms. The Bertz CT molecular complexity index is 1990. The summed E-state index contributed by atoms with van der Waals surface area (Å²) >= 11 is 0. The Morgan fingerprint density at radius 1 is 1.00 bits per heavy atom. The van der Waals surface area contributed by atoms with Gasteiger partial charge in [0.05, 0.1) is 11.6 Å². The van der Waals surface area contributed by atoms with Crippen molar-refractivity contribution >= 4 is 10.9 Å². The van der Waals surface area contributed by atoms with Crippen LogP contribution in [0.15, 0.2) is 59.8 Å². The summed E-state index contributed by atoms with van der Waals surface area (Å²) in [5, 5.41) is 10.7. The zero-order valence-corrected chi connectivity index (χ0v) is 25.4. The summed E-state index contributed by atoms with van der Waals surface area (Å²) in [5.41, 5.74) is 7.41. The number of rotatable bonds is 7. The van der Waals surface area contributed by atoms with Gasteiger partial charge in [-0.05, 0) is 111 Å². The van der Waals surface area contributed by atoms with Crippen molar-refractivity contribution in [2.75, 3.05) is 13.1 Å². The molecule has 0 spiro atoms. The molecule has 1 unspecified atom stereocenters. The van der Waals surface area contributed by atoms with E-state index in [1.54, 1.807) is 10.8 Å². The quantitative estimate of drug-likeness (QED) is 0.224. The van der Waals surface area contributed by atoms with Crippen molar-refractivity contribution in [3.63, 3.8) is 0 Å². The summed E-state index contributed by atoms with van der Waals surface area (Å²) in [7, 11) is 1.96. The minimum absolute atomic E-state index is 0.0583. The highest BCUT2D eigenvalue weighted by Gasteiger charge is 2.31. The number of aromatic nitrogens is 5. The lowest BCUT2D eigenvalue weighted by molar-refractivity contribution is 0.172. The molecule has 5 heterocycles. The van der Waals surface area contributed by atoms with Gasteiger partial charge in [0.25, 0.3) is 5.56 Å². The number of hydrogen-bond acceptors (Lipinski definition) is 5. The third-order valence-electron chi connectivity index (χ3n) is 9.85. The molecule has 44 heavy (non-hydrogen) atoms. The van der Waals surface area contributed by atoms with E-state index in [-0.39, 0.29) is 11.6 Å². The molecule has 8 rings (SSSR count). The first-order valence-electron chi connectivity index (χ1n) is 16.1. The van der Waals surface area contributed by atoms with Crippen LogP contribution in [0.3, 0.4) is 0 Å². The number of piperidine rings is 1. The number of likely N-dealkylation sites (tertiary alicyclic amines) is 1. The molecule has 0 radical (unpaired) electrons. The zero-order valence-electron chi connectivity index (χ0n) is 25.4. The van der Waals surface area contributed by atoms with Crippen LogP contribution in [0.5, 0.6) is 0 Å². The Morgan fingerprint density at radius 3 is 2.50 bits per heavy atom. The summed E-state index contributed by atoms with van der Waals surface area (Å²) in [6.07, 6.45) is 14.0. The van der Waals surface area contributed by atoms with Gasteiger partial charge in [-0.25, -0.2) is 9.97 Å². The second kappa shape index (κ2) is 10.6. The van der Waals surface area contributed by atoms with Crippen LogP contribution >= 0.6 is 0 Å². The third kappa shape index (κ3) is 4.76. The molecule has 1 aromatic carbocycles. The molecule has 1 aliphatic heterocycles. The highest BCUT2D eigenvalue weighted by molar-refractivity contribution is 5.85. The van der Waals surface area contributed by atoms with E-state index in [2.05, 4.69) is 46.2 Å². The minimum atomic E-state index is -0.0583. The van der Waals surface area contributed by atoms with Crippen LogP contribution in [0, 0.1) is 11.3 Å². The Kier molecular flexibility index (Phi) is 6.53. The number of nitrogens with zero attached hydrogens (tertiary/aromatic N) is 6. The van der Waals surface area contributed by atoms with Crippen molar-refractivity contribution in [1.82, 2.24) is 29.0 Å². The molecule has 1 N–H and O–H groups in total. The van der Waals surface area contributed by atoms with Gasteiger partial charge < -0.3 is 9.55 Å². The SMILES string of the molecule is CC(c1cc2c(C3CC3)cn(-c3cc(-c4ccc(C#N)cc4-c4nccn4C)cc(C4CC4)n3)c(=O)c2[nH]1)N1CCCCC1. The van der Waals surface area contributed by atoms with E-state index in [0.29, 0.717) is 28.7 Å². The Hall–Kier alpha value is -4.48. The number of benzene rings is 1. The van der Waals surface area contributed by atoms with Crippen LogP contribution in [-0.4, -0.2) is 42.1 Å². The van der Waals surface area contributed by atoms with Crippen LogP contribution in [0.1, 0.15) is 92.3 Å². The molecule has 2 saturated carbocycles. The second-order valence-electron chi connectivity index (χ2n) is 13.0. The fourth-order valence-corrected chi connectivity index (χ4v) is 6.96. The standard InChI is InChI=1S/C36H37N7O/c1-22(42-13-4-3-5-14-42)31-19-28-30(24-7-8-24)21-43(36(44)34(28)40-31)33-18-26(17-32(39-33)25-9-10-25)27-11-6-23(20-37)16-29(27)35-38-12-15-41(35)2/h6,11-12,15-19,21-22,24-25,40H,3-5,7-10,13-14H2,1-2H3. The number of fused-ring (bicyclic) bond motifs is 1. The number of aromatic amines is 1. The van der Waals surface area contributed by atoms with Gasteiger partial charge in [-0.15, -0.1) is 0 Å². The number of H-pyrrole nitrogens is 1. The molecule has 8 heteroatoms. The van der Waals surface area contributed by atoms with Gasteiger partial charge in [0, 0.05) is 59.9 Å². The van der Waals surface area contributed by atoms with E-state index in [0.717, 1.165) is 78.1 Å². The lowest BCUT2D eigenvalue weighted by Crippen LogP contribution is -2.32. The van der Waals surface area contributed by atoms with E-state index < -0.39 is 0 Å². The summed E-state index contributed by atoms with van der Waals surface area (Å²) in [6, 6.07) is 14.7. The van der Waals surface area contributed by atoms with Crippen LogP contribution in [0.25, 0.3) is 39.2 Å². The molecule has 5 aromatic rings. The number of nitrogens with one attached hydrogen (secondary N) is 1. The average molecular weight is 584 g/mol. The molecule has 2 aliphatic carbocycles. The summed E-state index contributed by atoms with van der Waals surface area (Å²) in [6.45, 7) is 4.47. The lowest BCUT2D eigenvalue weighted by Gasteiger charge is -2.31. The van der Waals surface area contributed by atoms with Crippen molar-refractivity contribution < 1.29 is 0 Å². The van der Waals surface area contributed by atoms with E-state index in [9.17, 15) is 10.1 Å². The van der Waals surface area contributed by atoms with Gasteiger partial charge in [-0.1, -0.05) is 12.5 Å². The monoisotopic (exact) mass is 583 g/mol. The van der Waals surface area contributed by atoms with Gasteiger partial charge in [0.1, 0.15) is 17.2 Å². The summed E-state index contributed by atoms with van der Waals surface area (Å²) in [4.78, 5) is 30.1. The minimum Gasteiger partial charge on any atom is -0.353 e. The maximum absolute atomic E-state index is 14.3. The molecule has 4 aromatic heterocycles. The number of nitriles is 1. The first kappa shape index (κ1) is 27.1. The molecular formula is C36H37N7O. The molecule has 3 aliphatic rings. The first-order chi connectivity index (χ1) is 21.5. The van der Waals surface area contributed by atoms with Crippen molar-refractivity contribution in [2.24, 2.45) is 7.05 Å². The largest absolute Gasteiger partial charge is 0.353 e. The fourth-order valence-electron chi connectivity index (χ4n) is 6.96. The van der Waals surface area contributed by atoms with Gasteiger partial charge >= 0.3 is 0 Å². The van der Waals surface area contributed by atoms with Crippen molar-refractivity contribution in [3.05, 3.63) is 87.9 Å². The second-order valence-corrected chi connectivity index (χ2v) is 13.0. The number of imidazole rings is 1. The number of hydrogen-bond donors (Lipinski definition) is 1. The normalized spacial score (nSPS) is 18.0. The van der Waals surface area contributed by atoms with Gasteiger partial charge in [-0.2, -0.15) is 5.26 Å². The molecule has 1 atom stereocenters. The molecule has 1 saturated heterocycles. The third-order valence-corrected chi connectivity index (χ3v) is 9.85. The van der Waals surface area contributed by atoms with Crippen LogP contribution in [0.2, 0.25) is 0 Å². The summed E-state index contributed by atoms with van der Waals surface area (Å²) < 4.78 is 3.75. The average Bonchev–Trinajstić information content (AvgIpc) is 3.99. The van der Waals surface area contributed by atoms with Gasteiger partial charge in [0.2, 0.25) is 0 Å². The molecule has 0 amide bonds.